The number of methoxy groups -OCH3 is 2. The lowest BCUT2D eigenvalue weighted by atomic mass is 9.96. The molecule has 0 spiro atoms. The maximum atomic E-state index is 11.9. The van der Waals surface area contributed by atoms with Gasteiger partial charge in [-0.1, -0.05) is 0 Å². The van der Waals surface area contributed by atoms with Gasteiger partial charge in [0.05, 0.1) is 26.4 Å². The van der Waals surface area contributed by atoms with Crippen molar-refractivity contribution in [2.75, 3.05) is 47.0 Å². The second-order valence-electron chi connectivity index (χ2n) is 7.79. The van der Waals surface area contributed by atoms with Gasteiger partial charge in [0.15, 0.2) is 0 Å². The van der Waals surface area contributed by atoms with E-state index in [9.17, 15) is 9.59 Å². The summed E-state index contributed by atoms with van der Waals surface area (Å²) in [5, 5.41) is 0. The molecular weight excluding hydrogens is 372 g/mol. The molecule has 1 aromatic rings. The lowest BCUT2D eigenvalue weighted by molar-refractivity contribution is 0.0600. The second kappa shape index (κ2) is 9.96. The topological polar surface area (TPSA) is 68.3 Å². The van der Waals surface area contributed by atoms with Crippen LogP contribution in [0.3, 0.4) is 0 Å². The molecule has 2 saturated heterocycles. The molecule has 0 N–H and O–H groups in total. The zero-order valence-electron chi connectivity index (χ0n) is 17.7. The Morgan fingerprint density at radius 1 is 1.10 bits per heavy atom. The van der Waals surface area contributed by atoms with Crippen LogP contribution < -0.4 is 4.74 Å². The molecule has 1 unspecified atom stereocenters. The molecular formula is C22H32N2O5. The number of hydrogen-bond acceptors (Lipinski definition) is 6. The van der Waals surface area contributed by atoms with Gasteiger partial charge < -0.3 is 19.1 Å². The molecule has 7 nitrogen and oxygen atoms in total. The third kappa shape index (κ3) is 5.21. The molecule has 0 bridgehead atoms. The van der Waals surface area contributed by atoms with Crippen LogP contribution in [0.15, 0.2) is 18.2 Å². The Hall–Kier alpha value is -2.28. The van der Waals surface area contributed by atoms with Gasteiger partial charge in [-0.3, -0.25) is 4.90 Å². The van der Waals surface area contributed by atoms with Crippen LogP contribution in [0.4, 0.5) is 4.79 Å². The highest BCUT2D eigenvalue weighted by molar-refractivity contribution is 5.89. The SMILES string of the molecule is CCOC(=O)N1CCC(N2CCC(Cc3cc(C(=O)OC)ccc3OC)C2)CC1. The number of nitrogens with zero attached hydrogens (tertiary/aromatic N) is 2. The largest absolute Gasteiger partial charge is 0.496 e. The number of ether oxygens (including phenoxy) is 3. The van der Waals surface area contributed by atoms with E-state index in [0.29, 0.717) is 24.1 Å². The number of hydrogen-bond donors (Lipinski definition) is 0. The third-order valence-corrected chi connectivity index (χ3v) is 6.03. The summed E-state index contributed by atoms with van der Waals surface area (Å²) >= 11 is 0. The Bertz CT molecular complexity index is 715. The summed E-state index contributed by atoms with van der Waals surface area (Å²) in [7, 11) is 3.06. The van der Waals surface area contributed by atoms with E-state index in [1.165, 1.54) is 7.11 Å². The zero-order valence-corrected chi connectivity index (χ0v) is 17.7. The van der Waals surface area contributed by atoms with Crippen molar-refractivity contribution in [2.24, 2.45) is 5.92 Å². The third-order valence-electron chi connectivity index (χ3n) is 6.03. The fourth-order valence-corrected chi connectivity index (χ4v) is 4.48. The lowest BCUT2D eigenvalue weighted by Gasteiger charge is -2.36. The number of carbonyl (C=O) groups excluding carboxylic acids is 2. The summed E-state index contributed by atoms with van der Waals surface area (Å²) in [5.41, 5.74) is 1.61. The van der Waals surface area contributed by atoms with Crippen molar-refractivity contribution in [2.45, 2.75) is 38.6 Å². The molecule has 3 rings (SSSR count). The first-order valence-electron chi connectivity index (χ1n) is 10.5. The predicted octanol–water partition coefficient (Wildman–Crippen LogP) is 2.97. The molecule has 2 aliphatic heterocycles. The van der Waals surface area contributed by atoms with Gasteiger partial charge in [-0.2, -0.15) is 0 Å². The monoisotopic (exact) mass is 404 g/mol. The summed E-state index contributed by atoms with van der Waals surface area (Å²) < 4.78 is 15.5. The van der Waals surface area contributed by atoms with E-state index in [2.05, 4.69) is 4.90 Å². The average molecular weight is 405 g/mol. The van der Waals surface area contributed by atoms with Crippen molar-refractivity contribution in [3.63, 3.8) is 0 Å². The summed E-state index contributed by atoms with van der Waals surface area (Å²) in [6, 6.07) is 6.01. The Kier molecular flexibility index (Phi) is 7.36. The average Bonchev–Trinajstić information content (AvgIpc) is 3.22. The van der Waals surface area contributed by atoms with Crippen molar-refractivity contribution >= 4 is 12.1 Å². The maximum Gasteiger partial charge on any atom is 0.409 e. The van der Waals surface area contributed by atoms with Gasteiger partial charge in [-0.25, -0.2) is 9.59 Å². The van der Waals surface area contributed by atoms with Crippen molar-refractivity contribution in [3.05, 3.63) is 29.3 Å². The molecule has 29 heavy (non-hydrogen) atoms. The van der Waals surface area contributed by atoms with E-state index < -0.39 is 0 Å². The van der Waals surface area contributed by atoms with Crippen molar-refractivity contribution in [1.29, 1.82) is 0 Å². The van der Waals surface area contributed by atoms with Gasteiger partial charge in [-0.05, 0) is 68.8 Å². The van der Waals surface area contributed by atoms with Crippen LogP contribution in [0, 0.1) is 5.92 Å². The van der Waals surface area contributed by atoms with E-state index in [4.69, 9.17) is 14.2 Å². The normalized spacial score (nSPS) is 20.5. The van der Waals surface area contributed by atoms with Crippen LogP contribution >= 0.6 is 0 Å². The highest BCUT2D eigenvalue weighted by atomic mass is 16.6. The van der Waals surface area contributed by atoms with Gasteiger partial charge >= 0.3 is 12.1 Å². The molecule has 7 heteroatoms. The first kappa shape index (κ1) is 21.4. The molecule has 0 saturated carbocycles. The number of likely N-dealkylation sites (tertiary alicyclic amines) is 2. The van der Waals surface area contributed by atoms with Crippen LogP contribution in [0.2, 0.25) is 0 Å². The number of piperidine rings is 1. The molecule has 1 aromatic carbocycles. The molecule has 1 atom stereocenters. The summed E-state index contributed by atoms with van der Waals surface area (Å²) in [6.07, 6.45) is 3.80. The molecule has 2 heterocycles. The van der Waals surface area contributed by atoms with E-state index in [-0.39, 0.29) is 12.1 Å². The number of carbonyl (C=O) groups is 2. The molecule has 1 amide bonds. The maximum absolute atomic E-state index is 11.9. The predicted molar refractivity (Wildman–Crippen MR) is 109 cm³/mol. The van der Waals surface area contributed by atoms with Gasteiger partial charge in [0.2, 0.25) is 0 Å². The lowest BCUT2D eigenvalue weighted by Crippen LogP contribution is -2.46. The fourth-order valence-electron chi connectivity index (χ4n) is 4.48. The molecule has 2 aliphatic rings. The first-order valence-corrected chi connectivity index (χ1v) is 10.5. The van der Waals surface area contributed by atoms with Crippen LogP contribution in [0.1, 0.15) is 42.1 Å². The summed E-state index contributed by atoms with van der Waals surface area (Å²) in [4.78, 5) is 28.1. The van der Waals surface area contributed by atoms with Gasteiger partial charge in [0.1, 0.15) is 5.75 Å². The molecule has 2 fully saturated rings. The van der Waals surface area contributed by atoms with Crippen LogP contribution in [-0.4, -0.2) is 74.9 Å². The van der Waals surface area contributed by atoms with Crippen molar-refractivity contribution < 1.29 is 23.8 Å². The Balaban J connectivity index is 1.55. The number of rotatable bonds is 6. The molecule has 160 valence electrons. The number of benzene rings is 1. The van der Waals surface area contributed by atoms with Crippen LogP contribution in [-0.2, 0) is 15.9 Å². The Morgan fingerprint density at radius 3 is 2.52 bits per heavy atom. The number of amides is 1. The van der Waals surface area contributed by atoms with Crippen LogP contribution in [0.25, 0.3) is 0 Å². The minimum atomic E-state index is -0.324. The smallest absolute Gasteiger partial charge is 0.409 e. The van der Waals surface area contributed by atoms with Crippen molar-refractivity contribution in [3.8, 4) is 5.75 Å². The Morgan fingerprint density at radius 2 is 1.86 bits per heavy atom. The van der Waals surface area contributed by atoms with Crippen molar-refractivity contribution in [1.82, 2.24) is 9.80 Å². The minimum Gasteiger partial charge on any atom is -0.496 e. The van der Waals surface area contributed by atoms with Crippen LogP contribution in [0.5, 0.6) is 5.75 Å². The first-order chi connectivity index (χ1) is 14.0. The van der Waals surface area contributed by atoms with Gasteiger partial charge in [0.25, 0.3) is 0 Å². The van der Waals surface area contributed by atoms with E-state index in [0.717, 1.165) is 63.2 Å². The van der Waals surface area contributed by atoms with Gasteiger partial charge in [0, 0.05) is 25.7 Å². The second-order valence-corrected chi connectivity index (χ2v) is 7.79. The highest BCUT2D eigenvalue weighted by Crippen LogP contribution is 2.30. The number of esters is 1. The Labute approximate surface area is 172 Å². The zero-order chi connectivity index (χ0) is 20.8. The highest BCUT2D eigenvalue weighted by Gasteiger charge is 2.32. The summed E-state index contributed by atoms with van der Waals surface area (Å²) in [5.74, 6) is 1.02. The fraction of sp³-hybridized carbons (Fsp3) is 0.636. The molecule has 0 aliphatic carbocycles. The van der Waals surface area contributed by atoms with E-state index in [1.54, 1.807) is 13.2 Å². The molecule has 0 aromatic heterocycles. The summed E-state index contributed by atoms with van der Waals surface area (Å²) in [6.45, 7) is 5.90. The minimum absolute atomic E-state index is 0.192. The molecule has 0 radical (unpaired) electrons. The quantitative estimate of drug-likeness (QED) is 0.679. The van der Waals surface area contributed by atoms with Gasteiger partial charge in [-0.15, -0.1) is 0 Å². The standard InChI is InChI=1S/C22H32N2O5/c1-4-29-22(26)23-11-8-19(9-12-23)24-10-7-16(15-24)13-18-14-17(21(25)28-3)5-6-20(18)27-2/h5-6,14,16,19H,4,7-13,15H2,1-3H3. The van der Waals surface area contributed by atoms with E-state index >= 15 is 0 Å². The van der Waals surface area contributed by atoms with E-state index in [1.807, 2.05) is 24.0 Å².